The lowest BCUT2D eigenvalue weighted by atomic mass is 10.0. The molecule has 0 heterocycles. The minimum atomic E-state index is -3.59. The Labute approximate surface area is 167 Å². The molecule has 0 fully saturated rings. The molecule has 7 heteroatoms. The van der Waals surface area contributed by atoms with E-state index in [4.69, 9.17) is 4.74 Å². The second kappa shape index (κ2) is 9.21. The number of aryl methyl sites for hydroxylation is 1. The number of hydrogen-bond acceptors (Lipinski definition) is 4. The molecule has 2 aromatic carbocycles. The normalized spacial score (nSPS) is 13.6. The van der Waals surface area contributed by atoms with Crippen molar-refractivity contribution >= 4 is 15.9 Å². The van der Waals surface area contributed by atoms with E-state index in [0.29, 0.717) is 17.7 Å². The molecule has 0 aliphatic heterocycles. The molecule has 2 aromatic rings. The summed E-state index contributed by atoms with van der Waals surface area (Å²) in [7, 11) is -2.00. The average molecular weight is 405 g/mol. The maximum absolute atomic E-state index is 12.6. The number of carbonyl (C=O) groups excluding carboxylic acids is 1. The summed E-state index contributed by atoms with van der Waals surface area (Å²) in [6.45, 7) is 7.57. The van der Waals surface area contributed by atoms with Crippen molar-refractivity contribution in [2.75, 3.05) is 7.11 Å². The second-order valence-electron chi connectivity index (χ2n) is 6.90. The van der Waals surface area contributed by atoms with Crippen LogP contribution in [0.5, 0.6) is 5.75 Å². The molecule has 0 saturated carbocycles. The van der Waals surface area contributed by atoms with Gasteiger partial charge in [-0.3, -0.25) is 4.79 Å². The first-order chi connectivity index (χ1) is 13.2. The number of nitrogens with one attached hydrogen (secondary N) is 2. The second-order valence-corrected chi connectivity index (χ2v) is 8.61. The van der Waals surface area contributed by atoms with Gasteiger partial charge in [-0.05, 0) is 57.5 Å². The number of methoxy groups -OCH3 is 1. The van der Waals surface area contributed by atoms with Crippen LogP contribution in [0.3, 0.4) is 0 Å². The molecule has 1 amide bonds. The molecule has 152 valence electrons. The minimum absolute atomic E-state index is 0.137. The molecule has 0 radical (unpaired) electrons. The topological polar surface area (TPSA) is 84.5 Å². The summed E-state index contributed by atoms with van der Waals surface area (Å²) in [4.78, 5) is 12.7. The largest absolute Gasteiger partial charge is 0.496 e. The summed E-state index contributed by atoms with van der Waals surface area (Å²) in [6.07, 6.45) is 0.694. The van der Waals surface area contributed by atoms with Crippen LogP contribution >= 0.6 is 0 Å². The van der Waals surface area contributed by atoms with Gasteiger partial charge < -0.3 is 10.1 Å². The Bertz CT molecular complexity index is 924. The molecular weight excluding hydrogens is 376 g/mol. The first kappa shape index (κ1) is 21.9. The van der Waals surface area contributed by atoms with E-state index >= 15 is 0 Å². The molecule has 28 heavy (non-hydrogen) atoms. The van der Waals surface area contributed by atoms with Crippen LogP contribution in [0.15, 0.2) is 47.4 Å². The lowest BCUT2D eigenvalue weighted by molar-refractivity contribution is 0.0939. The summed E-state index contributed by atoms with van der Waals surface area (Å²) in [5.74, 6) is 0.422. The van der Waals surface area contributed by atoms with Gasteiger partial charge in [0.1, 0.15) is 5.75 Å². The number of benzene rings is 2. The van der Waals surface area contributed by atoms with Crippen molar-refractivity contribution in [3.05, 3.63) is 59.2 Å². The lowest BCUT2D eigenvalue weighted by Crippen LogP contribution is -2.32. The van der Waals surface area contributed by atoms with Crippen molar-refractivity contribution in [1.82, 2.24) is 10.0 Å². The van der Waals surface area contributed by atoms with Gasteiger partial charge in [0.2, 0.25) is 10.0 Å². The summed E-state index contributed by atoms with van der Waals surface area (Å²) in [5, 5.41) is 2.93. The molecule has 6 nitrogen and oxygen atoms in total. The third-order valence-electron chi connectivity index (χ3n) is 4.59. The molecule has 0 bridgehead atoms. The zero-order chi connectivity index (χ0) is 20.9. The van der Waals surface area contributed by atoms with Crippen molar-refractivity contribution in [1.29, 1.82) is 0 Å². The fourth-order valence-electron chi connectivity index (χ4n) is 2.75. The molecule has 0 saturated heterocycles. The number of rotatable bonds is 8. The van der Waals surface area contributed by atoms with Crippen molar-refractivity contribution in [2.24, 2.45) is 0 Å². The highest BCUT2D eigenvalue weighted by molar-refractivity contribution is 7.89. The predicted octanol–water partition coefficient (Wildman–Crippen LogP) is 3.57. The molecule has 2 N–H and O–H groups in total. The smallest absolute Gasteiger partial charge is 0.251 e. The Kier molecular flexibility index (Phi) is 7.21. The van der Waals surface area contributed by atoms with E-state index in [0.717, 1.165) is 11.1 Å². The minimum Gasteiger partial charge on any atom is -0.496 e. The Hall–Kier alpha value is -2.38. The van der Waals surface area contributed by atoms with Crippen LogP contribution in [-0.4, -0.2) is 27.5 Å². The average Bonchev–Trinajstić information content (AvgIpc) is 2.67. The van der Waals surface area contributed by atoms with E-state index in [2.05, 4.69) is 10.0 Å². The van der Waals surface area contributed by atoms with E-state index in [1.54, 1.807) is 14.0 Å². The number of hydrogen-bond donors (Lipinski definition) is 2. The first-order valence-electron chi connectivity index (χ1n) is 9.25. The standard InChI is InChI=1S/C21H28N2O4S/c1-6-15(3)23-28(25,26)18-10-8-17(9-11-18)21(24)22-16(4)19-13-14(2)7-12-20(19)27-5/h7-13,15-16,23H,6H2,1-5H3,(H,22,24)/t15-,16+/m1/s1. The van der Waals surface area contributed by atoms with Crippen LogP contribution < -0.4 is 14.8 Å². The van der Waals surface area contributed by atoms with Gasteiger partial charge >= 0.3 is 0 Å². The van der Waals surface area contributed by atoms with E-state index in [1.807, 2.05) is 39.0 Å². The number of carbonyl (C=O) groups is 1. The fraction of sp³-hybridized carbons (Fsp3) is 0.381. The van der Waals surface area contributed by atoms with Gasteiger partial charge in [0, 0.05) is 17.2 Å². The molecule has 0 unspecified atom stereocenters. The van der Waals surface area contributed by atoms with E-state index in [9.17, 15) is 13.2 Å². The van der Waals surface area contributed by atoms with Crippen LogP contribution in [0.4, 0.5) is 0 Å². The third kappa shape index (κ3) is 5.33. The Morgan fingerprint density at radius 2 is 1.75 bits per heavy atom. The highest BCUT2D eigenvalue weighted by atomic mass is 32.2. The quantitative estimate of drug-likeness (QED) is 0.704. The summed E-state index contributed by atoms with van der Waals surface area (Å²) in [6, 6.07) is 11.3. The summed E-state index contributed by atoms with van der Waals surface area (Å²) >= 11 is 0. The van der Waals surface area contributed by atoms with E-state index in [-0.39, 0.29) is 22.9 Å². The number of sulfonamides is 1. The van der Waals surface area contributed by atoms with Gasteiger partial charge in [-0.1, -0.05) is 24.6 Å². The molecule has 2 rings (SSSR count). The molecule has 0 aliphatic rings. The van der Waals surface area contributed by atoms with Crippen molar-refractivity contribution in [3.63, 3.8) is 0 Å². The first-order valence-corrected chi connectivity index (χ1v) is 10.7. The maximum Gasteiger partial charge on any atom is 0.251 e. The van der Waals surface area contributed by atoms with Crippen LogP contribution in [0.1, 0.15) is 54.7 Å². The third-order valence-corrected chi connectivity index (χ3v) is 6.20. The van der Waals surface area contributed by atoms with E-state index < -0.39 is 10.0 Å². The Morgan fingerprint density at radius 3 is 2.32 bits per heavy atom. The summed E-state index contributed by atoms with van der Waals surface area (Å²) < 4.78 is 32.6. The van der Waals surface area contributed by atoms with Crippen LogP contribution in [0, 0.1) is 6.92 Å². The lowest BCUT2D eigenvalue weighted by Gasteiger charge is -2.18. The van der Waals surface area contributed by atoms with Gasteiger partial charge in [-0.2, -0.15) is 0 Å². The number of amides is 1. The van der Waals surface area contributed by atoms with Gasteiger partial charge in [0.05, 0.1) is 18.0 Å². The fourth-order valence-corrected chi connectivity index (χ4v) is 4.08. The van der Waals surface area contributed by atoms with Gasteiger partial charge in [0.25, 0.3) is 5.91 Å². The highest BCUT2D eigenvalue weighted by Gasteiger charge is 2.19. The van der Waals surface area contributed by atoms with Crippen LogP contribution in [0.25, 0.3) is 0 Å². The Balaban J connectivity index is 2.14. The van der Waals surface area contributed by atoms with Crippen molar-refractivity contribution in [2.45, 2.75) is 51.1 Å². The van der Waals surface area contributed by atoms with Crippen molar-refractivity contribution in [3.8, 4) is 5.75 Å². The van der Waals surface area contributed by atoms with Gasteiger partial charge in [-0.25, -0.2) is 13.1 Å². The molecule has 2 atom stereocenters. The molecular formula is C21H28N2O4S. The maximum atomic E-state index is 12.6. The summed E-state index contributed by atoms with van der Waals surface area (Å²) in [5.41, 5.74) is 2.34. The van der Waals surface area contributed by atoms with Gasteiger partial charge in [-0.15, -0.1) is 0 Å². The zero-order valence-corrected chi connectivity index (χ0v) is 17.8. The Morgan fingerprint density at radius 1 is 1.11 bits per heavy atom. The van der Waals surface area contributed by atoms with E-state index in [1.165, 1.54) is 24.3 Å². The van der Waals surface area contributed by atoms with Crippen LogP contribution in [0.2, 0.25) is 0 Å². The monoisotopic (exact) mass is 404 g/mol. The molecule has 0 aliphatic carbocycles. The number of ether oxygens (including phenoxy) is 1. The van der Waals surface area contributed by atoms with Gasteiger partial charge in [0.15, 0.2) is 0 Å². The molecule has 0 aromatic heterocycles. The predicted molar refractivity (Wildman–Crippen MR) is 110 cm³/mol. The highest BCUT2D eigenvalue weighted by Crippen LogP contribution is 2.26. The SMILES string of the molecule is CC[C@@H](C)NS(=O)(=O)c1ccc(C(=O)N[C@@H](C)c2cc(C)ccc2OC)cc1. The zero-order valence-electron chi connectivity index (χ0n) is 16.9. The van der Waals surface area contributed by atoms with Crippen molar-refractivity contribution < 1.29 is 17.9 Å². The van der Waals surface area contributed by atoms with Crippen LogP contribution in [-0.2, 0) is 10.0 Å². The molecule has 0 spiro atoms.